The van der Waals surface area contributed by atoms with Crippen LogP contribution in [0.25, 0.3) is 10.4 Å². The molecule has 0 unspecified atom stereocenters. The van der Waals surface area contributed by atoms with E-state index in [4.69, 9.17) is 23.9 Å². The summed E-state index contributed by atoms with van der Waals surface area (Å²) in [6.07, 6.45) is 6.02. The van der Waals surface area contributed by atoms with Crippen molar-refractivity contribution >= 4 is 64.0 Å². The standard InChI is InChI=1S/C55H77N11O10S/c1-8-42-52(71)64(6)44-32-59-54(63-49(44)66(42)39-11-9-10-12-39)61-41-18-17-38(29-45(41)73-7)50(69)57-22-24-75-26-28-76-27-25-74-23-21-56-20-19-46(68)62-48(55(3,4)5)53(72)65-33-40(67)30-43(65)51(70)58-31-36-13-15-37(16-14-36)47-35(2)60-34-77-47/h13-18,29,32,34,39-40,42-43,48,56,67H,8-12,19-28,30-31,33H2,1-7H3,(H,57,69)(H,58,70)(H,62,68)(H,59,61,63)/t40-,42-,43+,48-/m1/s1. The number of aliphatic hydroxyl groups is 1. The Bertz CT molecular complexity index is 2620. The van der Waals surface area contributed by atoms with E-state index in [0.717, 1.165) is 53.2 Å². The maximum atomic E-state index is 14.0. The fraction of sp³-hybridized carbons (Fsp3) is 0.564. The lowest BCUT2D eigenvalue weighted by molar-refractivity contribution is -0.144. The third-order valence-corrected chi connectivity index (χ3v) is 15.0. The number of anilines is 4. The number of aromatic nitrogens is 3. The summed E-state index contributed by atoms with van der Waals surface area (Å²) in [5.74, 6) is 0.226. The van der Waals surface area contributed by atoms with Gasteiger partial charge >= 0.3 is 0 Å². The molecule has 5 amide bonds. The second-order valence-electron chi connectivity index (χ2n) is 20.6. The van der Waals surface area contributed by atoms with Crippen LogP contribution in [0.2, 0.25) is 0 Å². The largest absolute Gasteiger partial charge is 0.495 e. The highest BCUT2D eigenvalue weighted by Gasteiger charge is 2.45. The molecular weight excluding hydrogens is 1010 g/mol. The number of carbonyl (C=O) groups is 5. The van der Waals surface area contributed by atoms with Crippen molar-refractivity contribution < 1.29 is 48.0 Å². The first kappa shape index (κ1) is 58.4. The van der Waals surface area contributed by atoms with Crippen LogP contribution in [0.4, 0.5) is 23.1 Å². The first-order valence-electron chi connectivity index (χ1n) is 26.7. The molecule has 2 fully saturated rings. The van der Waals surface area contributed by atoms with Gasteiger partial charge < -0.3 is 65.3 Å². The number of ether oxygens (including phenoxy) is 4. The van der Waals surface area contributed by atoms with Crippen LogP contribution in [0.3, 0.4) is 0 Å². The van der Waals surface area contributed by atoms with Crippen molar-refractivity contribution in [3.63, 3.8) is 0 Å². The number of thiazole rings is 1. The molecule has 22 heteroatoms. The topological polar surface area (TPSA) is 251 Å². The summed E-state index contributed by atoms with van der Waals surface area (Å²) in [6.45, 7) is 13.1. The summed E-state index contributed by atoms with van der Waals surface area (Å²) >= 11 is 1.57. The molecule has 1 saturated heterocycles. The van der Waals surface area contributed by atoms with Crippen molar-refractivity contribution in [1.29, 1.82) is 0 Å². The number of amides is 5. The number of β-amino-alcohol motifs (C(OH)–C–C–N with tert-alkyl or cyclic N) is 1. The van der Waals surface area contributed by atoms with E-state index in [9.17, 15) is 29.1 Å². The predicted molar refractivity (Wildman–Crippen MR) is 294 cm³/mol. The Hall–Kier alpha value is -6.30. The van der Waals surface area contributed by atoms with Gasteiger partial charge in [-0.3, -0.25) is 24.0 Å². The predicted octanol–water partition coefficient (Wildman–Crippen LogP) is 4.73. The zero-order valence-electron chi connectivity index (χ0n) is 45.5. The molecule has 7 rings (SSSR count). The number of aryl methyl sites for hydroxylation is 1. The van der Waals surface area contributed by atoms with Gasteiger partial charge in [-0.1, -0.05) is 64.8 Å². The van der Waals surface area contributed by atoms with E-state index in [1.807, 2.05) is 64.4 Å². The van der Waals surface area contributed by atoms with E-state index >= 15 is 0 Å². The normalized spacial score (nSPS) is 18.1. The molecule has 418 valence electrons. The minimum absolute atomic E-state index is 0.00217. The zero-order chi connectivity index (χ0) is 55.1. The van der Waals surface area contributed by atoms with Gasteiger partial charge in [0.25, 0.3) is 5.91 Å². The molecule has 77 heavy (non-hydrogen) atoms. The number of fused-ring (bicyclic) bond motifs is 1. The molecule has 2 aromatic heterocycles. The smallest absolute Gasteiger partial charge is 0.251 e. The molecule has 4 atom stereocenters. The molecular formula is C55H77N11O10S. The number of methoxy groups -OCH3 is 1. The van der Waals surface area contributed by atoms with Gasteiger partial charge in [-0.25, -0.2) is 9.97 Å². The lowest BCUT2D eigenvalue weighted by Crippen LogP contribution is -2.57. The number of benzene rings is 2. The monoisotopic (exact) mass is 1080 g/mol. The molecule has 4 heterocycles. The number of hydrogen-bond acceptors (Lipinski definition) is 17. The summed E-state index contributed by atoms with van der Waals surface area (Å²) in [7, 11) is 3.30. The Morgan fingerprint density at radius 2 is 1.61 bits per heavy atom. The van der Waals surface area contributed by atoms with Gasteiger partial charge in [0.2, 0.25) is 29.6 Å². The number of nitrogens with one attached hydrogen (secondary N) is 5. The molecule has 6 N–H and O–H groups in total. The zero-order valence-corrected chi connectivity index (χ0v) is 46.3. The van der Waals surface area contributed by atoms with Crippen LogP contribution in [0.15, 0.2) is 54.2 Å². The fourth-order valence-electron chi connectivity index (χ4n) is 9.86. The summed E-state index contributed by atoms with van der Waals surface area (Å²) in [5, 5.41) is 25.7. The summed E-state index contributed by atoms with van der Waals surface area (Å²) in [5.41, 5.74) is 5.74. The molecule has 0 spiro atoms. The van der Waals surface area contributed by atoms with Crippen LogP contribution in [-0.4, -0.2) is 165 Å². The van der Waals surface area contributed by atoms with Crippen LogP contribution in [0.5, 0.6) is 5.75 Å². The van der Waals surface area contributed by atoms with Crippen LogP contribution in [0.1, 0.15) is 94.3 Å². The van der Waals surface area contributed by atoms with Gasteiger partial charge in [-0.05, 0) is 60.9 Å². The first-order chi connectivity index (χ1) is 37.1. The number of rotatable bonds is 27. The molecule has 1 aliphatic carbocycles. The van der Waals surface area contributed by atoms with Crippen LogP contribution in [0, 0.1) is 12.3 Å². The van der Waals surface area contributed by atoms with E-state index in [1.54, 1.807) is 47.7 Å². The van der Waals surface area contributed by atoms with Crippen LogP contribution in [-0.2, 0) is 39.9 Å². The molecule has 2 aliphatic heterocycles. The van der Waals surface area contributed by atoms with Crippen molar-refractivity contribution in [3.05, 3.63) is 71.0 Å². The summed E-state index contributed by atoms with van der Waals surface area (Å²) < 4.78 is 22.5. The van der Waals surface area contributed by atoms with Crippen molar-refractivity contribution in [3.8, 4) is 16.2 Å². The lowest BCUT2D eigenvalue weighted by Gasteiger charge is -2.43. The number of hydrogen-bond donors (Lipinski definition) is 6. The summed E-state index contributed by atoms with van der Waals surface area (Å²) in [6, 6.07) is 11.2. The Balaban J connectivity index is 0.727. The minimum Gasteiger partial charge on any atom is -0.495 e. The Morgan fingerprint density at radius 3 is 2.27 bits per heavy atom. The van der Waals surface area contributed by atoms with Crippen LogP contribution < -0.4 is 41.1 Å². The highest BCUT2D eigenvalue weighted by molar-refractivity contribution is 7.13. The Labute approximate surface area is 455 Å². The maximum absolute atomic E-state index is 14.0. The van der Waals surface area contributed by atoms with Gasteiger partial charge in [0.15, 0.2) is 5.82 Å². The Kier molecular flexibility index (Phi) is 21.1. The van der Waals surface area contributed by atoms with Crippen molar-refractivity contribution in [2.75, 3.05) is 95.1 Å². The second kappa shape index (κ2) is 27.8. The van der Waals surface area contributed by atoms with Gasteiger partial charge in [0, 0.05) is 64.2 Å². The van der Waals surface area contributed by atoms with Crippen molar-refractivity contribution in [1.82, 2.24) is 41.1 Å². The molecule has 1 saturated carbocycles. The average Bonchev–Trinajstić information content (AvgIpc) is 4.25. The lowest BCUT2D eigenvalue weighted by atomic mass is 9.85. The molecule has 2 aromatic carbocycles. The molecule has 21 nitrogen and oxygen atoms in total. The molecule has 0 radical (unpaired) electrons. The maximum Gasteiger partial charge on any atom is 0.251 e. The average molecular weight is 1080 g/mol. The Morgan fingerprint density at radius 1 is 0.909 bits per heavy atom. The van der Waals surface area contributed by atoms with Gasteiger partial charge in [0.05, 0.1) is 80.8 Å². The number of carbonyl (C=O) groups excluding carboxylic acids is 5. The molecule has 3 aliphatic rings. The van der Waals surface area contributed by atoms with E-state index in [2.05, 4.69) is 41.5 Å². The van der Waals surface area contributed by atoms with Crippen molar-refractivity contribution in [2.24, 2.45) is 5.41 Å². The number of nitrogens with zero attached hydrogens (tertiary/aromatic N) is 6. The van der Waals surface area contributed by atoms with Gasteiger partial charge in [-0.2, -0.15) is 4.98 Å². The summed E-state index contributed by atoms with van der Waals surface area (Å²) in [4.78, 5) is 86.9. The van der Waals surface area contributed by atoms with E-state index in [1.165, 1.54) is 12.0 Å². The highest BCUT2D eigenvalue weighted by atomic mass is 32.1. The first-order valence-corrected chi connectivity index (χ1v) is 27.6. The quantitative estimate of drug-likeness (QED) is 0.0442. The third-order valence-electron chi connectivity index (χ3n) is 14.1. The van der Waals surface area contributed by atoms with Crippen LogP contribution >= 0.6 is 11.3 Å². The van der Waals surface area contributed by atoms with Crippen molar-refractivity contribution in [2.45, 2.75) is 116 Å². The number of likely N-dealkylation sites (tertiary alicyclic amines) is 1. The second-order valence-corrected chi connectivity index (χ2v) is 21.5. The molecule has 4 aromatic rings. The van der Waals surface area contributed by atoms with E-state index < -0.39 is 29.5 Å². The minimum atomic E-state index is -0.915. The van der Waals surface area contributed by atoms with Gasteiger partial charge in [-0.15, -0.1) is 11.3 Å². The van der Waals surface area contributed by atoms with Gasteiger partial charge in [0.1, 0.15) is 29.6 Å². The number of aliphatic hydroxyl groups excluding tert-OH is 1. The third kappa shape index (κ3) is 15.5. The SMILES string of the molecule is CC[C@@H]1C(=O)N(C)c2cnc(Nc3ccc(C(=O)NCCOCCOCCOCCNCCC(=O)N[C@H](C(=O)N4C[C@H](O)C[C@H]4C(=O)NCc4ccc(-c5scnc5C)cc4)C(C)(C)C)cc3OC)nc2N1C1CCCC1. The fourth-order valence-corrected chi connectivity index (χ4v) is 10.7. The highest BCUT2D eigenvalue weighted by Crippen LogP contribution is 2.40. The number of likely N-dealkylation sites (N-methyl/N-ethyl adjacent to an activating group) is 1. The molecule has 0 bridgehead atoms. The van der Waals surface area contributed by atoms with E-state index in [-0.39, 0.29) is 61.6 Å². The van der Waals surface area contributed by atoms with E-state index in [0.29, 0.717) is 94.3 Å².